The van der Waals surface area contributed by atoms with Crippen molar-refractivity contribution in [3.63, 3.8) is 0 Å². The van der Waals surface area contributed by atoms with Crippen LogP contribution in [0.1, 0.15) is 56.3 Å². The third-order valence-electron chi connectivity index (χ3n) is 6.69. The number of Topliss-reactive ketones (excluding diaryl/α,β-unsaturated/α-hetero) is 1. The minimum absolute atomic E-state index is 0.0289. The molecule has 1 aromatic carbocycles. The average Bonchev–Trinajstić information content (AvgIpc) is 3.30. The molecule has 1 aliphatic heterocycles. The lowest BCUT2D eigenvalue weighted by molar-refractivity contribution is -0.122. The number of ether oxygens (including phenoxy) is 1. The van der Waals surface area contributed by atoms with Crippen molar-refractivity contribution in [3.05, 3.63) is 23.8 Å². The summed E-state index contributed by atoms with van der Waals surface area (Å²) in [6.45, 7) is 3.83. The summed E-state index contributed by atoms with van der Waals surface area (Å²) in [6, 6.07) is 5.26. The molecule has 0 radical (unpaired) electrons. The number of benzene rings is 1. The van der Waals surface area contributed by atoms with Gasteiger partial charge in [-0.05, 0) is 69.1 Å². The molecule has 6 nitrogen and oxygen atoms in total. The lowest BCUT2D eigenvalue weighted by Crippen LogP contribution is -2.44. The van der Waals surface area contributed by atoms with Gasteiger partial charge in [0.1, 0.15) is 5.75 Å². The van der Waals surface area contributed by atoms with Crippen molar-refractivity contribution in [2.45, 2.75) is 52.0 Å². The van der Waals surface area contributed by atoms with Crippen molar-refractivity contribution >= 4 is 23.3 Å². The van der Waals surface area contributed by atoms with Crippen LogP contribution in [-0.4, -0.2) is 36.8 Å². The topological polar surface area (TPSA) is 75.7 Å². The number of rotatable bonds is 6. The highest BCUT2D eigenvalue weighted by Crippen LogP contribution is 2.49. The van der Waals surface area contributed by atoms with E-state index in [0.29, 0.717) is 22.9 Å². The van der Waals surface area contributed by atoms with Gasteiger partial charge in [0.05, 0.1) is 5.69 Å². The highest BCUT2D eigenvalue weighted by molar-refractivity contribution is 6.01. The molecule has 150 valence electrons. The van der Waals surface area contributed by atoms with Gasteiger partial charge in [-0.1, -0.05) is 6.42 Å². The molecule has 2 fully saturated rings. The number of hydrogen-bond donors (Lipinski definition) is 1. The molecule has 2 aliphatic carbocycles. The summed E-state index contributed by atoms with van der Waals surface area (Å²) < 4.78 is 5.46. The van der Waals surface area contributed by atoms with E-state index in [9.17, 15) is 14.4 Å². The van der Waals surface area contributed by atoms with Gasteiger partial charge in [0, 0.05) is 24.6 Å². The summed E-state index contributed by atoms with van der Waals surface area (Å²) >= 11 is 0. The lowest BCUT2D eigenvalue weighted by Gasteiger charge is -2.31. The molecule has 0 spiro atoms. The Morgan fingerprint density at radius 1 is 1.29 bits per heavy atom. The molecule has 4 rings (SSSR count). The molecule has 2 bridgehead atoms. The number of amides is 2. The van der Waals surface area contributed by atoms with E-state index in [4.69, 9.17) is 4.74 Å². The summed E-state index contributed by atoms with van der Waals surface area (Å²) in [5.74, 6) is 2.48. The van der Waals surface area contributed by atoms with Gasteiger partial charge in [0.25, 0.3) is 5.91 Å². The van der Waals surface area contributed by atoms with Crippen LogP contribution in [0.4, 0.5) is 5.69 Å². The molecule has 0 saturated heterocycles. The SMILES string of the molecule is CC(=O)c1ccc2c(c1)N(CCC(=O)NC(C)C1CC3CCC1C3)C(=O)CO2. The molecule has 1 aromatic rings. The van der Waals surface area contributed by atoms with E-state index in [1.54, 1.807) is 23.1 Å². The van der Waals surface area contributed by atoms with Gasteiger partial charge >= 0.3 is 0 Å². The largest absolute Gasteiger partial charge is 0.482 e. The Kier molecular flexibility index (Phi) is 5.13. The van der Waals surface area contributed by atoms with Crippen LogP contribution in [0.25, 0.3) is 0 Å². The molecule has 2 saturated carbocycles. The maximum Gasteiger partial charge on any atom is 0.265 e. The zero-order valence-electron chi connectivity index (χ0n) is 16.6. The van der Waals surface area contributed by atoms with Crippen molar-refractivity contribution in [1.82, 2.24) is 5.32 Å². The molecular formula is C22H28N2O4. The second-order valence-electron chi connectivity index (χ2n) is 8.52. The van der Waals surface area contributed by atoms with Gasteiger partial charge in [-0.15, -0.1) is 0 Å². The summed E-state index contributed by atoms with van der Waals surface area (Å²) in [7, 11) is 0. The van der Waals surface area contributed by atoms with E-state index in [1.807, 2.05) is 0 Å². The second kappa shape index (κ2) is 7.57. The smallest absolute Gasteiger partial charge is 0.265 e. The molecule has 2 amide bonds. The van der Waals surface area contributed by atoms with E-state index < -0.39 is 0 Å². The number of hydrogen-bond acceptors (Lipinski definition) is 4. The Balaban J connectivity index is 1.37. The first-order valence-corrected chi connectivity index (χ1v) is 10.3. The van der Waals surface area contributed by atoms with Gasteiger partial charge in [-0.25, -0.2) is 0 Å². The summed E-state index contributed by atoms with van der Waals surface area (Å²) in [6.07, 6.45) is 5.44. The van der Waals surface area contributed by atoms with Crippen LogP contribution >= 0.6 is 0 Å². The predicted octanol–water partition coefficient (Wildman–Crippen LogP) is 2.95. The Morgan fingerprint density at radius 3 is 2.79 bits per heavy atom. The maximum absolute atomic E-state index is 12.5. The molecule has 6 heteroatoms. The highest BCUT2D eigenvalue weighted by Gasteiger charge is 2.42. The molecule has 3 aliphatic rings. The molecule has 4 atom stereocenters. The summed E-state index contributed by atoms with van der Waals surface area (Å²) in [5.41, 5.74) is 1.09. The first-order chi connectivity index (χ1) is 13.4. The van der Waals surface area contributed by atoms with Crippen molar-refractivity contribution in [1.29, 1.82) is 0 Å². The van der Waals surface area contributed by atoms with Crippen molar-refractivity contribution in [3.8, 4) is 5.75 Å². The Labute approximate surface area is 165 Å². The van der Waals surface area contributed by atoms with Gasteiger partial charge in [-0.3, -0.25) is 14.4 Å². The van der Waals surface area contributed by atoms with Crippen molar-refractivity contribution < 1.29 is 19.1 Å². The summed E-state index contributed by atoms with van der Waals surface area (Å²) in [5, 5.41) is 3.15. The van der Waals surface area contributed by atoms with Crippen LogP contribution < -0.4 is 15.0 Å². The van der Waals surface area contributed by atoms with Gasteiger partial charge in [-0.2, -0.15) is 0 Å². The Hall–Kier alpha value is -2.37. The third kappa shape index (κ3) is 3.64. The molecule has 1 N–H and O–H groups in total. The molecule has 0 aromatic heterocycles. The third-order valence-corrected chi connectivity index (χ3v) is 6.69. The minimum Gasteiger partial charge on any atom is -0.482 e. The van der Waals surface area contributed by atoms with Crippen LogP contribution in [0.2, 0.25) is 0 Å². The fourth-order valence-electron chi connectivity index (χ4n) is 5.22. The van der Waals surface area contributed by atoms with Crippen molar-refractivity contribution in [2.24, 2.45) is 17.8 Å². The van der Waals surface area contributed by atoms with Crippen LogP contribution in [-0.2, 0) is 9.59 Å². The molecule has 1 heterocycles. The van der Waals surface area contributed by atoms with Crippen LogP contribution in [0.15, 0.2) is 18.2 Å². The van der Waals surface area contributed by atoms with E-state index in [0.717, 1.165) is 11.8 Å². The van der Waals surface area contributed by atoms with Crippen LogP contribution in [0.5, 0.6) is 5.75 Å². The first-order valence-electron chi connectivity index (χ1n) is 10.3. The summed E-state index contributed by atoms with van der Waals surface area (Å²) in [4.78, 5) is 38.1. The van der Waals surface area contributed by atoms with Crippen LogP contribution in [0, 0.1) is 17.8 Å². The number of nitrogens with one attached hydrogen (secondary N) is 1. The van der Waals surface area contributed by atoms with Crippen LogP contribution in [0.3, 0.4) is 0 Å². The number of nitrogens with zero attached hydrogens (tertiary/aromatic N) is 1. The monoisotopic (exact) mass is 384 g/mol. The predicted molar refractivity (Wildman–Crippen MR) is 105 cm³/mol. The number of ketones is 1. The average molecular weight is 384 g/mol. The quantitative estimate of drug-likeness (QED) is 0.765. The number of carbonyl (C=O) groups excluding carboxylic acids is 3. The van der Waals surface area contributed by atoms with Gasteiger partial charge < -0.3 is 15.0 Å². The molecule has 28 heavy (non-hydrogen) atoms. The maximum atomic E-state index is 12.5. The van der Waals surface area contributed by atoms with E-state index in [1.165, 1.54) is 32.6 Å². The number of fused-ring (bicyclic) bond motifs is 3. The normalized spacial score (nSPS) is 26.6. The molecular weight excluding hydrogens is 356 g/mol. The minimum atomic E-state index is -0.192. The van der Waals surface area contributed by atoms with E-state index in [-0.39, 0.29) is 43.2 Å². The second-order valence-corrected chi connectivity index (χ2v) is 8.52. The van der Waals surface area contributed by atoms with E-state index in [2.05, 4.69) is 12.2 Å². The van der Waals surface area contributed by atoms with E-state index >= 15 is 0 Å². The first kappa shape index (κ1) is 19.0. The lowest BCUT2D eigenvalue weighted by atomic mass is 9.84. The van der Waals surface area contributed by atoms with Crippen molar-refractivity contribution in [2.75, 3.05) is 18.1 Å². The zero-order chi connectivity index (χ0) is 19.8. The van der Waals surface area contributed by atoms with Gasteiger partial charge in [0.2, 0.25) is 5.91 Å². The fourth-order valence-corrected chi connectivity index (χ4v) is 5.22. The van der Waals surface area contributed by atoms with Gasteiger partial charge in [0.15, 0.2) is 12.4 Å². The Bertz CT molecular complexity index is 806. The highest BCUT2D eigenvalue weighted by atomic mass is 16.5. The fraction of sp³-hybridized carbons (Fsp3) is 0.591. The number of anilines is 1. The molecule has 4 unspecified atom stereocenters. The Morgan fingerprint density at radius 2 is 2.11 bits per heavy atom. The zero-order valence-corrected chi connectivity index (χ0v) is 16.6. The number of carbonyl (C=O) groups is 3. The standard InChI is InChI=1S/C22H28N2O4/c1-13(18-10-15-3-4-17(18)9-15)23-21(26)7-8-24-19-11-16(14(2)25)5-6-20(19)28-12-22(24)27/h5-6,11,13,15,17-18H,3-4,7-10,12H2,1-2H3,(H,23,26).